The lowest BCUT2D eigenvalue weighted by atomic mass is 10.0. The summed E-state index contributed by atoms with van der Waals surface area (Å²) in [4.78, 5) is 14.5. The number of hydrogen-bond acceptors (Lipinski definition) is 2. The maximum Gasteiger partial charge on any atom is 0.271 e. The average molecular weight is 311 g/mol. The molecular formula is C18H18FN3O. The molecule has 1 N–H and O–H groups in total. The lowest BCUT2D eigenvalue weighted by Gasteiger charge is -2.28. The van der Waals surface area contributed by atoms with Crippen LogP contribution in [0.4, 0.5) is 4.39 Å². The number of H-pyrrole nitrogens is 1. The minimum atomic E-state index is -0.283. The number of hydrogen-bond donors (Lipinski definition) is 1. The molecule has 1 aromatic heterocycles. The smallest absolute Gasteiger partial charge is 0.271 e. The van der Waals surface area contributed by atoms with Gasteiger partial charge in [0.1, 0.15) is 11.5 Å². The van der Waals surface area contributed by atoms with Gasteiger partial charge in [0.15, 0.2) is 0 Å². The van der Waals surface area contributed by atoms with Gasteiger partial charge in [0, 0.05) is 18.7 Å². The number of benzene rings is 1. The van der Waals surface area contributed by atoms with Gasteiger partial charge in [-0.1, -0.05) is 11.1 Å². The molecular weight excluding hydrogens is 293 g/mol. The standard InChI is InChI=1S/C18H18FN3O/c19-15-5-3-14(4-6-15)16-11-17(21-20-16)18(23)22-9-7-13(8-10-22)12-1-2-12/h3-6,11H,1-2,7-10H2,(H,20,21). The number of carbonyl (C=O) groups is 1. The zero-order valence-corrected chi connectivity index (χ0v) is 12.8. The van der Waals surface area contributed by atoms with Crippen LogP contribution in [0.15, 0.2) is 41.5 Å². The number of allylic oxidation sites excluding steroid dienone is 1. The Morgan fingerprint density at radius 1 is 1.04 bits per heavy atom. The highest BCUT2D eigenvalue weighted by molar-refractivity contribution is 5.93. The summed E-state index contributed by atoms with van der Waals surface area (Å²) >= 11 is 0. The summed E-state index contributed by atoms with van der Waals surface area (Å²) in [6.45, 7) is 1.56. The fourth-order valence-corrected chi connectivity index (χ4v) is 3.12. The summed E-state index contributed by atoms with van der Waals surface area (Å²) in [7, 11) is 0. The van der Waals surface area contributed by atoms with Crippen molar-refractivity contribution in [2.45, 2.75) is 25.7 Å². The van der Waals surface area contributed by atoms with Gasteiger partial charge >= 0.3 is 0 Å². The zero-order valence-electron chi connectivity index (χ0n) is 12.8. The summed E-state index contributed by atoms with van der Waals surface area (Å²) in [6.07, 6.45) is 4.51. The molecule has 0 atom stereocenters. The van der Waals surface area contributed by atoms with Crippen LogP contribution in [-0.4, -0.2) is 34.1 Å². The normalized spacial score (nSPS) is 17.5. The molecule has 1 aliphatic heterocycles. The molecule has 0 bridgehead atoms. The Kier molecular flexibility index (Phi) is 3.48. The van der Waals surface area contributed by atoms with Crippen molar-refractivity contribution in [1.29, 1.82) is 0 Å². The first-order valence-electron chi connectivity index (χ1n) is 8.01. The molecule has 1 amide bonds. The van der Waals surface area contributed by atoms with Gasteiger partial charge in [-0.15, -0.1) is 0 Å². The number of likely N-dealkylation sites (tertiary alicyclic amines) is 1. The molecule has 1 aliphatic carbocycles. The molecule has 0 radical (unpaired) electrons. The van der Waals surface area contributed by atoms with Crippen LogP contribution >= 0.6 is 0 Å². The van der Waals surface area contributed by atoms with Crippen LogP contribution in [0.1, 0.15) is 36.2 Å². The number of carbonyl (C=O) groups excluding carboxylic acids is 1. The highest BCUT2D eigenvalue weighted by Gasteiger charge is 2.25. The van der Waals surface area contributed by atoms with Crippen LogP contribution in [0.25, 0.3) is 11.3 Å². The zero-order chi connectivity index (χ0) is 15.8. The predicted octanol–water partition coefficient (Wildman–Crippen LogP) is 3.54. The third-order valence-electron chi connectivity index (χ3n) is 4.60. The van der Waals surface area contributed by atoms with E-state index in [9.17, 15) is 9.18 Å². The maximum absolute atomic E-state index is 13.0. The lowest BCUT2D eigenvalue weighted by molar-refractivity contribution is 0.0737. The average Bonchev–Trinajstić information content (AvgIpc) is 3.32. The maximum atomic E-state index is 13.0. The quantitative estimate of drug-likeness (QED) is 0.862. The third-order valence-corrected chi connectivity index (χ3v) is 4.60. The van der Waals surface area contributed by atoms with Gasteiger partial charge < -0.3 is 4.90 Å². The highest BCUT2D eigenvalue weighted by atomic mass is 19.1. The van der Waals surface area contributed by atoms with Crippen LogP contribution in [-0.2, 0) is 0 Å². The number of piperidine rings is 1. The Balaban J connectivity index is 1.47. The second kappa shape index (κ2) is 5.65. The van der Waals surface area contributed by atoms with E-state index in [0.29, 0.717) is 11.4 Å². The van der Waals surface area contributed by atoms with Gasteiger partial charge in [-0.25, -0.2) is 4.39 Å². The number of aromatic amines is 1. The fourth-order valence-electron chi connectivity index (χ4n) is 3.12. The molecule has 2 aromatic rings. The summed E-state index contributed by atoms with van der Waals surface area (Å²) in [5.41, 5.74) is 5.11. The third kappa shape index (κ3) is 2.91. The molecule has 118 valence electrons. The van der Waals surface area contributed by atoms with E-state index in [1.807, 2.05) is 4.90 Å². The molecule has 0 unspecified atom stereocenters. The molecule has 4 nitrogen and oxygen atoms in total. The molecule has 2 aliphatic rings. The van der Waals surface area contributed by atoms with Crippen molar-refractivity contribution in [1.82, 2.24) is 15.1 Å². The van der Waals surface area contributed by atoms with Gasteiger partial charge in [0.25, 0.3) is 5.91 Å². The van der Waals surface area contributed by atoms with Crippen molar-refractivity contribution in [2.24, 2.45) is 0 Å². The first kappa shape index (κ1) is 14.2. The number of rotatable bonds is 2. The molecule has 23 heavy (non-hydrogen) atoms. The molecule has 5 heteroatoms. The van der Waals surface area contributed by atoms with E-state index in [0.717, 1.165) is 31.5 Å². The predicted molar refractivity (Wildman–Crippen MR) is 85.4 cm³/mol. The summed E-state index contributed by atoms with van der Waals surface area (Å²) in [5.74, 6) is -0.291. The van der Waals surface area contributed by atoms with Gasteiger partial charge in [-0.05, 0) is 56.0 Å². The van der Waals surface area contributed by atoms with Crippen molar-refractivity contribution in [3.05, 3.63) is 53.0 Å². The van der Waals surface area contributed by atoms with Gasteiger partial charge in [-0.3, -0.25) is 9.89 Å². The van der Waals surface area contributed by atoms with Gasteiger partial charge in [-0.2, -0.15) is 5.10 Å². The van der Waals surface area contributed by atoms with E-state index in [4.69, 9.17) is 0 Å². The number of nitrogens with zero attached hydrogens (tertiary/aromatic N) is 2. The molecule has 0 spiro atoms. The minimum absolute atomic E-state index is 0.00860. The summed E-state index contributed by atoms with van der Waals surface area (Å²) < 4.78 is 13.0. The monoisotopic (exact) mass is 311 g/mol. The van der Waals surface area contributed by atoms with E-state index >= 15 is 0 Å². The van der Waals surface area contributed by atoms with Crippen LogP contribution in [0.3, 0.4) is 0 Å². The van der Waals surface area contributed by atoms with Crippen molar-refractivity contribution in [2.75, 3.05) is 13.1 Å². The van der Waals surface area contributed by atoms with Gasteiger partial charge in [0.2, 0.25) is 0 Å². The molecule has 2 fully saturated rings. The molecule has 1 saturated carbocycles. The van der Waals surface area contributed by atoms with Crippen molar-refractivity contribution in [3.63, 3.8) is 0 Å². The Bertz CT molecular complexity index is 760. The molecule has 2 heterocycles. The van der Waals surface area contributed by atoms with Gasteiger partial charge in [0.05, 0.1) is 5.69 Å². The largest absolute Gasteiger partial charge is 0.337 e. The molecule has 4 rings (SSSR count). The van der Waals surface area contributed by atoms with Crippen LogP contribution in [0.2, 0.25) is 0 Å². The molecule has 1 saturated heterocycles. The van der Waals surface area contributed by atoms with E-state index in [2.05, 4.69) is 10.2 Å². The van der Waals surface area contributed by atoms with E-state index in [1.165, 1.54) is 25.0 Å². The van der Waals surface area contributed by atoms with E-state index in [1.54, 1.807) is 29.3 Å². The van der Waals surface area contributed by atoms with Crippen LogP contribution in [0.5, 0.6) is 0 Å². The topological polar surface area (TPSA) is 49.0 Å². The summed E-state index contributed by atoms with van der Waals surface area (Å²) in [6, 6.07) is 7.85. The summed E-state index contributed by atoms with van der Waals surface area (Å²) in [5, 5.41) is 7.00. The van der Waals surface area contributed by atoms with E-state index < -0.39 is 0 Å². The Hall–Kier alpha value is -2.43. The number of aromatic nitrogens is 2. The number of halogens is 1. The van der Waals surface area contributed by atoms with Crippen LogP contribution in [0, 0.1) is 5.82 Å². The highest BCUT2D eigenvalue weighted by Crippen LogP contribution is 2.36. The van der Waals surface area contributed by atoms with Crippen molar-refractivity contribution >= 4 is 5.91 Å². The van der Waals surface area contributed by atoms with Crippen molar-refractivity contribution in [3.8, 4) is 11.3 Å². The first-order chi connectivity index (χ1) is 11.2. The Morgan fingerprint density at radius 2 is 1.70 bits per heavy atom. The molecule has 1 aromatic carbocycles. The fraction of sp³-hybridized carbons (Fsp3) is 0.333. The van der Waals surface area contributed by atoms with Crippen molar-refractivity contribution < 1.29 is 9.18 Å². The first-order valence-corrected chi connectivity index (χ1v) is 8.01. The SMILES string of the molecule is O=C(c1cc(-c2ccc(F)cc2)n[nH]1)N1CCC(=C2CC2)CC1. The number of amides is 1. The van der Waals surface area contributed by atoms with Crippen LogP contribution < -0.4 is 0 Å². The number of nitrogens with one attached hydrogen (secondary N) is 1. The second-order valence-electron chi connectivity index (χ2n) is 6.17. The lowest BCUT2D eigenvalue weighted by Crippen LogP contribution is -2.36. The Labute approximate surface area is 134 Å². The Morgan fingerprint density at radius 3 is 2.35 bits per heavy atom. The minimum Gasteiger partial charge on any atom is -0.337 e. The second-order valence-corrected chi connectivity index (χ2v) is 6.17. The van der Waals surface area contributed by atoms with E-state index in [-0.39, 0.29) is 11.7 Å².